The molecule has 0 amide bonds. The van der Waals surface area contributed by atoms with E-state index in [9.17, 15) is 14.0 Å². The first-order valence-electron chi connectivity index (χ1n) is 9.29. The number of carbonyl (C=O) groups excluding carboxylic acids is 1. The minimum Gasteiger partial charge on any atom is -0.289 e. The zero-order chi connectivity index (χ0) is 20.4. The lowest BCUT2D eigenvalue weighted by molar-refractivity contribution is 0.103. The topological polar surface area (TPSA) is 52.0 Å². The second-order valence-electron chi connectivity index (χ2n) is 6.80. The largest absolute Gasteiger partial charge is 0.289 e. The fraction of sp³-hybridized carbons (Fsp3) is 0.227. The van der Waals surface area contributed by atoms with Crippen LogP contribution in [0.15, 0.2) is 63.5 Å². The lowest BCUT2D eigenvalue weighted by Gasteiger charge is -2.18. The highest BCUT2D eigenvalue weighted by molar-refractivity contribution is 7.99. The van der Waals surface area contributed by atoms with Crippen LogP contribution in [0.2, 0.25) is 0 Å². The number of rotatable bonds is 5. The Morgan fingerprint density at radius 3 is 2.48 bits per heavy atom. The summed E-state index contributed by atoms with van der Waals surface area (Å²) in [5, 5.41) is 1.57. The third-order valence-corrected chi connectivity index (χ3v) is 6.98. The fourth-order valence-electron chi connectivity index (χ4n) is 3.12. The number of carbonyl (C=O) groups is 1. The summed E-state index contributed by atoms with van der Waals surface area (Å²) in [5.41, 5.74) is 2.79. The van der Waals surface area contributed by atoms with Gasteiger partial charge in [-0.1, -0.05) is 36.0 Å². The monoisotopic (exact) mass is 426 g/mol. The summed E-state index contributed by atoms with van der Waals surface area (Å²) in [6, 6.07) is 12.9. The quantitative estimate of drug-likeness (QED) is 0.256. The summed E-state index contributed by atoms with van der Waals surface area (Å²) in [7, 11) is 0. The number of hydrogen-bond acceptors (Lipinski definition) is 5. The molecule has 0 bridgehead atoms. The number of thioether (sulfide) groups is 2. The molecule has 0 spiro atoms. The lowest BCUT2D eigenvalue weighted by atomic mass is 10.0. The highest BCUT2D eigenvalue weighted by Gasteiger charge is 2.17. The molecule has 0 saturated heterocycles. The molecule has 0 saturated carbocycles. The third-order valence-electron chi connectivity index (χ3n) is 4.77. The van der Waals surface area contributed by atoms with Crippen molar-refractivity contribution in [1.82, 2.24) is 9.55 Å². The summed E-state index contributed by atoms with van der Waals surface area (Å²) in [5.74, 6) is 1.15. The molecule has 0 unspecified atom stereocenters. The number of benzene rings is 2. The van der Waals surface area contributed by atoms with Gasteiger partial charge in [-0.05, 0) is 43.2 Å². The maximum absolute atomic E-state index is 13.0. The van der Waals surface area contributed by atoms with E-state index in [1.165, 1.54) is 36.0 Å². The molecule has 1 aliphatic heterocycles. The Bertz CT molecular complexity index is 1110. The molecule has 0 fully saturated rings. The Hall–Kier alpha value is -2.38. The van der Waals surface area contributed by atoms with Crippen molar-refractivity contribution < 1.29 is 9.18 Å². The van der Waals surface area contributed by atoms with E-state index >= 15 is 0 Å². The van der Waals surface area contributed by atoms with Gasteiger partial charge in [0.05, 0.1) is 0 Å². The summed E-state index contributed by atoms with van der Waals surface area (Å²) >= 11 is 3.16. The van der Waals surface area contributed by atoms with Gasteiger partial charge in [0.2, 0.25) is 0 Å². The molecule has 0 radical (unpaired) electrons. The fourth-order valence-corrected chi connectivity index (χ4v) is 5.07. The average Bonchev–Trinajstić information content (AvgIpc) is 2.76. The van der Waals surface area contributed by atoms with Crippen LogP contribution in [-0.2, 0) is 12.3 Å². The van der Waals surface area contributed by atoms with Crippen LogP contribution in [-0.4, -0.2) is 21.1 Å². The smallest absolute Gasteiger partial charge is 0.258 e. The molecular weight excluding hydrogens is 407 g/mol. The standard InChI is InChI=1S/C22H19FN2O2S2/c1-14-20(24-22-25(21(14)27)11-2-12-28-22)29-13-15-3-5-16(6-4-15)19(26)17-7-9-18(23)10-8-17/h3-10H,2,11-13H2,1H3. The Balaban J connectivity index is 1.47. The van der Waals surface area contributed by atoms with Gasteiger partial charge >= 0.3 is 0 Å². The van der Waals surface area contributed by atoms with E-state index in [-0.39, 0.29) is 17.2 Å². The highest BCUT2D eigenvalue weighted by atomic mass is 32.2. The zero-order valence-electron chi connectivity index (χ0n) is 15.9. The second kappa shape index (κ2) is 8.55. The van der Waals surface area contributed by atoms with Gasteiger partial charge in [0, 0.05) is 34.7 Å². The van der Waals surface area contributed by atoms with Gasteiger partial charge in [-0.2, -0.15) is 0 Å². The molecule has 29 heavy (non-hydrogen) atoms. The molecule has 0 N–H and O–H groups in total. The molecule has 4 nitrogen and oxygen atoms in total. The molecule has 7 heteroatoms. The summed E-state index contributed by atoms with van der Waals surface area (Å²) in [6.45, 7) is 2.57. The van der Waals surface area contributed by atoms with Gasteiger partial charge in [-0.3, -0.25) is 14.2 Å². The summed E-state index contributed by atoms with van der Waals surface area (Å²) in [4.78, 5) is 29.7. The number of fused-ring (bicyclic) bond motifs is 1. The number of nitrogens with zero attached hydrogens (tertiary/aromatic N) is 2. The van der Waals surface area contributed by atoms with Crippen LogP contribution >= 0.6 is 23.5 Å². The molecule has 148 valence electrons. The van der Waals surface area contributed by atoms with Crippen molar-refractivity contribution in [1.29, 1.82) is 0 Å². The van der Waals surface area contributed by atoms with E-state index in [1.807, 2.05) is 19.1 Å². The van der Waals surface area contributed by atoms with E-state index in [0.29, 0.717) is 22.4 Å². The first-order chi connectivity index (χ1) is 14.0. The van der Waals surface area contributed by atoms with E-state index in [1.54, 1.807) is 28.5 Å². The SMILES string of the molecule is Cc1c(SCc2ccc(C(=O)c3ccc(F)cc3)cc2)nc2n(c1=O)CCCS2. The molecule has 2 heterocycles. The van der Waals surface area contributed by atoms with Crippen LogP contribution in [0.5, 0.6) is 0 Å². The Labute approximate surface area is 176 Å². The minimum absolute atomic E-state index is 0.0462. The second-order valence-corrected chi connectivity index (χ2v) is 8.83. The number of ketones is 1. The average molecular weight is 427 g/mol. The van der Waals surface area contributed by atoms with Gasteiger partial charge in [0.15, 0.2) is 10.9 Å². The van der Waals surface area contributed by atoms with E-state index < -0.39 is 0 Å². The van der Waals surface area contributed by atoms with Crippen molar-refractivity contribution in [3.05, 3.63) is 87.0 Å². The van der Waals surface area contributed by atoms with Crippen LogP contribution < -0.4 is 5.56 Å². The van der Waals surface area contributed by atoms with Gasteiger partial charge in [0.1, 0.15) is 10.8 Å². The van der Waals surface area contributed by atoms with Gasteiger partial charge < -0.3 is 0 Å². The normalized spacial score (nSPS) is 13.2. The van der Waals surface area contributed by atoms with Gasteiger partial charge in [-0.15, -0.1) is 11.8 Å². The van der Waals surface area contributed by atoms with Crippen LogP contribution in [0.25, 0.3) is 0 Å². The van der Waals surface area contributed by atoms with Gasteiger partial charge in [0.25, 0.3) is 5.56 Å². The van der Waals surface area contributed by atoms with Crippen molar-refractivity contribution in [2.75, 3.05) is 5.75 Å². The molecule has 4 rings (SSSR count). The molecule has 1 aromatic heterocycles. The first-order valence-corrected chi connectivity index (χ1v) is 11.3. The highest BCUT2D eigenvalue weighted by Crippen LogP contribution is 2.28. The summed E-state index contributed by atoms with van der Waals surface area (Å²) < 4.78 is 14.8. The predicted molar refractivity (Wildman–Crippen MR) is 114 cm³/mol. The molecule has 3 aromatic rings. The predicted octanol–water partition coefficient (Wildman–Crippen LogP) is 4.71. The summed E-state index contributed by atoms with van der Waals surface area (Å²) in [6.07, 6.45) is 0.994. The van der Waals surface area contributed by atoms with E-state index in [2.05, 4.69) is 4.98 Å². The van der Waals surface area contributed by atoms with E-state index in [0.717, 1.165) is 34.5 Å². The van der Waals surface area contributed by atoms with Crippen molar-refractivity contribution >= 4 is 29.3 Å². The number of hydrogen-bond donors (Lipinski definition) is 0. The van der Waals surface area contributed by atoms with Crippen LogP contribution in [0.1, 0.15) is 33.5 Å². The van der Waals surface area contributed by atoms with Crippen molar-refractivity contribution in [3.8, 4) is 0 Å². The zero-order valence-corrected chi connectivity index (χ0v) is 17.5. The number of halogens is 1. The maximum Gasteiger partial charge on any atom is 0.258 e. The lowest BCUT2D eigenvalue weighted by Crippen LogP contribution is -2.28. The Kier molecular flexibility index (Phi) is 5.87. The molecular formula is C22H19FN2O2S2. The van der Waals surface area contributed by atoms with Crippen molar-refractivity contribution in [3.63, 3.8) is 0 Å². The van der Waals surface area contributed by atoms with Crippen molar-refractivity contribution in [2.45, 2.75) is 35.8 Å². The maximum atomic E-state index is 13.0. The van der Waals surface area contributed by atoms with Crippen LogP contribution in [0.4, 0.5) is 4.39 Å². The van der Waals surface area contributed by atoms with Crippen molar-refractivity contribution in [2.24, 2.45) is 0 Å². The van der Waals surface area contributed by atoms with Crippen LogP contribution in [0, 0.1) is 12.7 Å². The first kappa shape index (κ1) is 19.9. The number of aromatic nitrogens is 2. The molecule has 2 aromatic carbocycles. The third kappa shape index (κ3) is 4.31. The minimum atomic E-state index is -0.363. The molecule has 0 atom stereocenters. The molecule has 0 aliphatic carbocycles. The van der Waals surface area contributed by atoms with Gasteiger partial charge in [-0.25, -0.2) is 9.37 Å². The van der Waals surface area contributed by atoms with E-state index in [4.69, 9.17) is 0 Å². The molecule has 1 aliphatic rings. The van der Waals surface area contributed by atoms with Crippen LogP contribution in [0.3, 0.4) is 0 Å². The Morgan fingerprint density at radius 2 is 1.79 bits per heavy atom. The Morgan fingerprint density at radius 1 is 1.14 bits per heavy atom.